The van der Waals surface area contributed by atoms with Crippen LogP contribution in [-0.2, 0) is 14.3 Å². The van der Waals surface area contributed by atoms with Crippen molar-refractivity contribution in [2.24, 2.45) is 4.99 Å². The smallest absolute Gasteiger partial charge is 0.305 e. The van der Waals surface area contributed by atoms with Crippen LogP contribution in [0, 0.1) is 0 Å². The lowest BCUT2D eigenvalue weighted by molar-refractivity contribution is -0.759. The highest BCUT2D eigenvalue weighted by molar-refractivity contribution is 8.14. The van der Waals surface area contributed by atoms with E-state index in [9.17, 15) is 9.59 Å². The van der Waals surface area contributed by atoms with E-state index in [0.717, 1.165) is 11.8 Å². The van der Waals surface area contributed by atoms with Crippen LogP contribution in [0.5, 0.6) is 0 Å². The molecule has 2 amide bonds. The molecular formula is C23H22N7O4S+. The summed E-state index contributed by atoms with van der Waals surface area (Å²) in [5, 5.41) is 8.98. The average molecular weight is 493 g/mol. The molecule has 0 bridgehead atoms. The number of amides is 2. The molecule has 1 N–H and O–H groups in total. The molecule has 3 aromatic rings. The van der Waals surface area contributed by atoms with Crippen molar-refractivity contribution in [3.63, 3.8) is 0 Å². The first kappa shape index (κ1) is 22.7. The summed E-state index contributed by atoms with van der Waals surface area (Å²) in [6.45, 7) is 2.57. The van der Waals surface area contributed by atoms with Crippen LogP contribution in [0.3, 0.4) is 0 Å². The number of amidine groups is 1. The molecule has 12 heteroatoms. The first-order valence-electron chi connectivity index (χ1n) is 10.9. The molecule has 1 fully saturated rings. The maximum atomic E-state index is 13.2. The van der Waals surface area contributed by atoms with E-state index >= 15 is 0 Å². The Labute approximate surface area is 205 Å². The molecule has 1 aromatic carbocycles. The molecule has 2 aliphatic rings. The maximum Gasteiger partial charge on any atom is 0.305 e. The first-order chi connectivity index (χ1) is 17.2. The number of para-hydroxylation sites is 1. The van der Waals surface area contributed by atoms with Gasteiger partial charge in [0.1, 0.15) is 5.70 Å². The highest BCUT2D eigenvalue weighted by atomic mass is 32.2. The molecule has 0 radical (unpaired) electrons. The van der Waals surface area contributed by atoms with Crippen molar-refractivity contribution in [3.05, 3.63) is 72.3 Å². The Hall–Kier alpha value is -4.03. The molecule has 11 nitrogen and oxygen atoms in total. The van der Waals surface area contributed by atoms with E-state index in [1.807, 2.05) is 41.4 Å². The average Bonchev–Trinajstić information content (AvgIpc) is 3.49. The van der Waals surface area contributed by atoms with Gasteiger partial charge in [-0.25, -0.2) is 4.99 Å². The van der Waals surface area contributed by atoms with E-state index in [1.165, 1.54) is 4.90 Å². The number of hydrogen-bond donors (Lipinski definition) is 1. The number of anilines is 2. The fourth-order valence-electron chi connectivity index (χ4n) is 3.49. The third-order valence-corrected chi connectivity index (χ3v) is 6.08. The monoisotopic (exact) mass is 492 g/mol. The lowest BCUT2D eigenvalue weighted by atomic mass is 10.2. The second-order valence-electron chi connectivity index (χ2n) is 7.54. The number of aromatic nitrogens is 3. The van der Waals surface area contributed by atoms with Gasteiger partial charge in [-0.15, -0.1) is 5.01 Å². The molecule has 0 atom stereocenters. The van der Waals surface area contributed by atoms with Crippen molar-refractivity contribution in [2.45, 2.75) is 0 Å². The number of hydrogen-bond acceptors (Lipinski definition) is 9. The van der Waals surface area contributed by atoms with Crippen LogP contribution in [0.1, 0.15) is 5.69 Å². The molecular weight excluding hydrogens is 470 g/mol. The van der Waals surface area contributed by atoms with E-state index in [0.29, 0.717) is 42.9 Å². The van der Waals surface area contributed by atoms with Crippen molar-refractivity contribution in [2.75, 3.05) is 47.3 Å². The Morgan fingerprint density at radius 1 is 1.14 bits per heavy atom. The molecule has 2 aromatic heterocycles. The second-order valence-corrected chi connectivity index (χ2v) is 8.49. The van der Waals surface area contributed by atoms with Gasteiger partial charge in [-0.1, -0.05) is 36.0 Å². The number of thioether (sulfide) groups is 1. The Balaban J connectivity index is 1.28. The summed E-state index contributed by atoms with van der Waals surface area (Å²) in [5.74, 6) is -0.357. The summed E-state index contributed by atoms with van der Waals surface area (Å²) < 4.78 is 10.6. The third kappa shape index (κ3) is 5.39. The highest BCUT2D eigenvalue weighted by Gasteiger charge is 2.32. The molecule has 2 aliphatic heterocycles. The zero-order chi connectivity index (χ0) is 24.0. The van der Waals surface area contributed by atoms with Crippen molar-refractivity contribution in [1.29, 1.82) is 0 Å². The Morgan fingerprint density at radius 3 is 2.71 bits per heavy atom. The molecule has 0 unspecified atom stereocenters. The van der Waals surface area contributed by atoms with Gasteiger partial charge >= 0.3 is 5.88 Å². The van der Waals surface area contributed by atoms with E-state index in [4.69, 9.17) is 9.26 Å². The van der Waals surface area contributed by atoms with Gasteiger partial charge in [0.2, 0.25) is 11.2 Å². The standard InChI is InChI=1S/C23H21N7O4S/c31-20(26-21-15-29(27-34-21)28-10-12-33-13-11-28)16-35-23-25-19(14-17-6-4-5-9-24-17)22(32)30(23)18-7-2-1-3-8-18/h1-9,14-15H,10-13,16H2/p+1/b19-14+. The largest absolute Gasteiger partial charge is 0.377 e. The number of nitrogens with zero attached hydrogens (tertiary/aromatic N) is 6. The summed E-state index contributed by atoms with van der Waals surface area (Å²) in [6, 6.07) is 14.6. The number of morpholine rings is 1. The number of aliphatic imine (C=N–C) groups is 1. The predicted octanol–water partition coefficient (Wildman–Crippen LogP) is 1.44. The van der Waals surface area contributed by atoms with E-state index in [-0.39, 0.29) is 29.1 Å². The normalized spacial score (nSPS) is 17.1. The number of ether oxygens (including phenoxy) is 1. The van der Waals surface area contributed by atoms with Crippen molar-refractivity contribution >= 4 is 46.4 Å². The van der Waals surface area contributed by atoms with Gasteiger partial charge in [0, 0.05) is 6.20 Å². The van der Waals surface area contributed by atoms with Gasteiger partial charge in [-0.3, -0.25) is 29.3 Å². The Bertz CT molecular complexity index is 1260. The molecule has 5 rings (SSSR count). The van der Waals surface area contributed by atoms with Crippen LogP contribution in [0.15, 0.2) is 76.1 Å². The van der Waals surface area contributed by atoms with Crippen molar-refractivity contribution in [3.8, 4) is 0 Å². The van der Waals surface area contributed by atoms with Gasteiger partial charge in [0.25, 0.3) is 12.1 Å². The van der Waals surface area contributed by atoms with Gasteiger partial charge in [0.15, 0.2) is 5.17 Å². The minimum atomic E-state index is -0.314. The summed E-state index contributed by atoms with van der Waals surface area (Å²) in [5.41, 5.74) is 1.53. The van der Waals surface area contributed by atoms with Gasteiger partial charge in [0.05, 0.1) is 48.2 Å². The van der Waals surface area contributed by atoms with E-state index in [2.05, 4.69) is 20.6 Å². The Kier molecular flexibility index (Phi) is 6.82. The number of pyridine rings is 1. The lowest BCUT2D eigenvalue weighted by Gasteiger charge is -2.18. The minimum Gasteiger partial charge on any atom is -0.377 e. The molecule has 0 aliphatic carbocycles. The van der Waals surface area contributed by atoms with Crippen LogP contribution in [0.2, 0.25) is 0 Å². The van der Waals surface area contributed by atoms with E-state index < -0.39 is 0 Å². The van der Waals surface area contributed by atoms with Crippen LogP contribution in [0.25, 0.3) is 6.08 Å². The lowest BCUT2D eigenvalue weighted by Crippen LogP contribution is -2.62. The minimum absolute atomic E-state index is 0.0184. The first-order valence-corrected chi connectivity index (χ1v) is 11.9. The Morgan fingerprint density at radius 2 is 1.94 bits per heavy atom. The molecule has 1 saturated heterocycles. The van der Waals surface area contributed by atoms with Gasteiger partial charge in [-0.05, 0) is 30.3 Å². The molecule has 0 saturated carbocycles. The fraction of sp³-hybridized carbons (Fsp3) is 0.217. The summed E-state index contributed by atoms with van der Waals surface area (Å²) in [6.07, 6.45) is 4.88. The van der Waals surface area contributed by atoms with Crippen LogP contribution >= 0.6 is 11.8 Å². The topological polar surface area (TPSA) is 117 Å². The summed E-state index contributed by atoms with van der Waals surface area (Å²) in [4.78, 5) is 37.6. The van der Waals surface area contributed by atoms with Crippen LogP contribution in [0.4, 0.5) is 11.6 Å². The third-order valence-electron chi connectivity index (χ3n) is 5.14. The summed E-state index contributed by atoms with van der Waals surface area (Å²) in [7, 11) is 0. The quantitative estimate of drug-likeness (QED) is 0.406. The maximum absolute atomic E-state index is 13.2. The SMILES string of the molecule is O=C(CSC1=N/C(=C/c2ccccn2)C(=O)N1c1ccccc1)Nc1c[n+](N2CCOCC2)no1. The fourth-order valence-corrected chi connectivity index (χ4v) is 4.30. The van der Waals surface area contributed by atoms with Gasteiger partial charge in [-0.2, -0.15) is 0 Å². The number of nitrogens with one attached hydrogen (secondary N) is 1. The molecule has 35 heavy (non-hydrogen) atoms. The molecule has 4 heterocycles. The highest BCUT2D eigenvalue weighted by Crippen LogP contribution is 2.29. The zero-order valence-electron chi connectivity index (χ0n) is 18.6. The number of benzene rings is 1. The molecule has 0 spiro atoms. The zero-order valence-corrected chi connectivity index (χ0v) is 19.4. The second kappa shape index (κ2) is 10.5. The number of rotatable bonds is 6. The van der Waals surface area contributed by atoms with Crippen LogP contribution < -0.4 is 20.0 Å². The van der Waals surface area contributed by atoms with Crippen molar-refractivity contribution in [1.82, 2.24) is 10.3 Å². The summed E-state index contributed by atoms with van der Waals surface area (Å²) >= 11 is 1.15. The van der Waals surface area contributed by atoms with E-state index in [1.54, 1.807) is 35.4 Å². The number of carbonyl (C=O) groups excluding carboxylic acids is 2. The number of carbonyl (C=O) groups is 2. The molecule has 178 valence electrons. The van der Waals surface area contributed by atoms with Crippen molar-refractivity contribution < 1.29 is 23.6 Å². The van der Waals surface area contributed by atoms with Gasteiger partial charge < -0.3 is 4.74 Å². The van der Waals surface area contributed by atoms with Crippen LogP contribution in [-0.4, -0.2) is 59.3 Å². The predicted molar refractivity (Wildman–Crippen MR) is 130 cm³/mol.